The number of ether oxygens (including phenoxy) is 1. The quantitative estimate of drug-likeness (QED) is 0.823. The van der Waals surface area contributed by atoms with Gasteiger partial charge in [-0.3, -0.25) is 9.69 Å². The summed E-state index contributed by atoms with van der Waals surface area (Å²) >= 11 is 0. The summed E-state index contributed by atoms with van der Waals surface area (Å²) in [6.45, 7) is 5.35. The number of hydrogen-bond donors (Lipinski definition) is 0. The molecule has 0 radical (unpaired) electrons. The van der Waals surface area contributed by atoms with E-state index in [0.717, 1.165) is 31.9 Å². The summed E-state index contributed by atoms with van der Waals surface area (Å²) in [5.41, 5.74) is 3.10. The lowest BCUT2D eigenvalue weighted by atomic mass is 9.89. The van der Waals surface area contributed by atoms with Gasteiger partial charge in [0.25, 0.3) is 0 Å². The van der Waals surface area contributed by atoms with Crippen LogP contribution >= 0.6 is 0 Å². The van der Waals surface area contributed by atoms with Crippen molar-refractivity contribution in [1.82, 2.24) is 9.80 Å². The number of nitrogens with zero attached hydrogens (tertiary/aromatic N) is 3. The summed E-state index contributed by atoms with van der Waals surface area (Å²) in [4.78, 5) is 16.8. The molecule has 2 aliphatic heterocycles. The van der Waals surface area contributed by atoms with Gasteiger partial charge < -0.3 is 9.64 Å². The van der Waals surface area contributed by atoms with E-state index in [2.05, 4.69) is 23.1 Å². The minimum atomic E-state index is 0.124. The molecule has 0 unspecified atom stereocenters. The van der Waals surface area contributed by atoms with Gasteiger partial charge in [-0.25, -0.2) is 0 Å². The Labute approximate surface area is 166 Å². The molecular formula is C23H25N3O2. The minimum Gasteiger partial charge on any atom is -0.497 e. The first-order valence-corrected chi connectivity index (χ1v) is 9.71. The maximum atomic E-state index is 12.3. The zero-order chi connectivity index (χ0) is 19.7. The average Bonchev–Trinajstić information content (AvgIpc) is 3.26. The Kier molecular flexibility index (Phi) is 5.06. The van der Waals surface area contributed by atoms with E-state index in [-0.39, 0.29) is 11.9 Å². The molecule has 2 fully saturated rings. The van der Waals surface area contributed by atoms with Gasteiger partial charge in [-0.1, -0.05) is 24.3 Å². The number of fused-ring (bicyclic) bond motifs is 1. The molecule has 4 rings (SSSR count). The molecule has 0 aliphatic carbocycles. The molecule has 0 saturated carbocycles. The maximum Gasteiger partial charge on any atom is 0.219 e. The van der Waals surface area contributed by atoms with Crippen molar-refractivity contribution in [3.8, 4) is 11.8 Å². The van der Waals surface area contributed by atoms with Crippen LogP contribution in [0.15, 0.2) is 48.5 Å². The van der Waals surface area contributed by atoms with Gasteiger partial charge in [0.1, 0.15) is 5.75 Å². The third-order valence-corrected chi connectivity index (χ3v) is 6.09. The molecule has 28 heavy (non-hydrogen) atoms. The number of carbonyl (C=O) groups is 1. The molecular weight excluding hydrogens is 350 g/mol. The topological polar surface area (TPSA) is 56.6 Å². The Morgan fingerprint density at radius 1 is 1.11 bits per heavy atom. The molecule has 0 spiro atoms. The highest BCUT2D eigenvalue weighted by Gasteiger charge is 2.48. The molecule has 5 nitrogen and oxygen atoms in total. The molecule has 2 aromatic rings. The Hall–Kier alpha value is -2.84. The summed E-state index contributed by atoms with van der Waals surface area (Å²) in [5, 5.41) is 8.96. The summed E-state index contributed by atoms with van der Waals surface area (Å²) in [6.07, 6.45) is 0. The normalized spacial score (nSPS) is 24.0. The van der Waals surface area contributed by atoms with Crippen molar-refractivity contribution < 1.29 is 9.53 Å². The Morgan fingerprint density at radius 3 is 2.43 bits per heavy atom. The molecule has 0 bridgehead atoms. The van der Waals surface area contributed by atoms with E-state index < -0.39 is 0 Å². The van der Waals surface area contributed by atoms with Crippen LogP contribution in [0, 0.1) is 23.2 Å². The predicted molar refractivity (Wildman–Crippen MR) is 107 cm³/mol. The van der Waals surface area contributed by atoms with Crippen LogP contribution in [0.5, 0.6) is 5.75 Å². The van der Waals surface area contributed by atoms with Crippen molar-refractivity contribution in [2.24, 2.45) is 11.8 Å². The number of methoxy groups -OCH3 is 1. The SMILES string of the molecule is COc1ccc([C@H]2[C@@H]3CN(Cc4ccc(C#N)cc4)C[C@@H]3CN2C(C)=O)cc1. The molecule has 0 N–H and O–H groups in total. The van der Waals surface area contributed by atoms with Crippen LogP contribution in [0.1, 0.15) is 29.7 Å². The average molecular weight is 375 g/mol. The second-order valence-corrected chi connectivity index (χ2v) is 7.82. The van der Waals surface area contributed by atoms with E-state index in [4.69, 9.17) is 10.00 Å². The van der Waals surface area contributed by atoms with Crippen LogP contribution in [0.4, 0.5) is 0 Å². The highest BCUT2D eigenvalue weighted by atomic mass is 16.5. The van der Waals surface area contributed by atoms with Gasteiger partial charge in [-0.05, 0) is 41.3 Å². The third kappa shape index (κ3) is 3.48. The van der Waals surface area contributed by atoms with Gasteiger partial charge in [-0.2, -0.15) is 5.26 Å². The van der Waals surface area contributed by atoms with Crippen molar-refractivity contribution in [2.45, 2.75) is 19.5 Å². The smallest absolute Gasteiger partial charge is 0.219 e. The second kappa shape index (κ2) is 7.65. The molecule has 3 atom stereocenters. The first-order valence-electron chi connectivity index (χ1n) is 9.71. The molecule has 2 aliphatic rings. The van der Waals surface area contributed by atoms with Gasteiger partial charge in [0.15, 0.2) is 0 Å². The van der Waals surface area contributed by atoms with Crippen LogP contribution in [-0.4, -0.2) is 42.5 Å². The Bertz CT molecular complexity index is 886. The second-order valence-electron chi connectivity index (χ2n) is 7.82. The van der Waals surface area contributed by atoms with Crippen LogP contribution in [-0.2, 0) is 11.3 Å². The molecule has 1 amide bonds. The van der Waals surface area contributed by atoms with Crippen LogP contribution < -0.4 is 4.74 Å². The maximum absolute atomic E-state index is 12.3. The Balaban J connectivity index is 1.51. The zero-order valence-electron chi connectivity index (χ0n) is 16.3. The fraction of sp³-hybridized carbons (Fsp3) is 0.391. The predicted octanol–water partition coefficient (Wildman–Crippen LogP) is 3.22. The standard InChI is InChI=1S/C23H25N3O2/c1-16(27)26-14-20-13-25(12-18-5-3-17(11-24)4-6-18)15-22(20)23(26)19-7-9-21(28-2)10-8-19/h3-10,20,22-23H,12-15H2,1-2H3/t20-,22-,23+/m1/s1. The van der Waals surface area contributed by atoms with Gasteiger partial charge in [0, 0.05) is 39.0 Å². The number of amides is 1. The number of rotatable bonds is 4. The Morgan fingerprint density at radius 2 is 1.82 bits per heavy atom. The van der Waals surface area contributed by atoms with Crippen molar-refractivity contribution >= 4 is 5.91 Å². The zero-order valence-corrected chi connectivity index (χ0v) is 16.3. The molecule has 0 aromatic heterocycles. The van der Waals surface area contributed by atoms with Gasteiger partial charge in [0.05, 0.1) is 24.8 Å². The van der Waals surface area contributed by atoms with Crippen LogP contribution in [0.25, 0.3) is 0 Å². The van der Waals surface area contributed by atoms with E-state index in [1.54, 1.807) is 14.0 Å². The van der Waals surface area contributed by atoms with Gasteiger partial charge in [0.2, 0.25) is 5.91 Å². The summed E-state index contributed by atoms with van der Waals surface area (Å²) in [5.74, 6) is 1.92. The van der Waals surface area contributed by atoms with Crippen LogP contribution in [0.3, 0.4) is 0 Å². The lowest BCUT2D eigenvalue weighted by Gasteiger charge is -2.29. The van der Waals surface area contributed by atoms with Crippen molar-refractivity contribution in [3.63, 3.8) is 0 Å². The van der Waals surface area contributed by atoms with Gasteiger partial charge in [-0.15, -0.1) is 0 Å². The van der Waals surface area contributed by atoms with E-state index >= 15 is 0 Å². The lowest BCUT2D eigenvalue weighted by molar-refractivity contribution is -0.130. The van der Waals surface area contributed by atoms with E-state index in [9.17, 15) is 4.79 Å². The molecule has 2 heterocycles. The third-order valence-electron chi connectivity index (χ3n) is 6.09. The molecule has 2 saturated heterocycles. The van der Waals surface area contributed by atoms with E-state index in [0.29, 0.717) is 17.4 Å². The minimum absolute atomic E-state index is 0.124. The number of benzene rings is 2. The molecule has 5 heteroatoms. The van der Waals surface area contributed by atoms with E-state index in [1.807, 2.05) is 41.3 Å². The highest BCUT2D eigenvalue weighted by Crippen LogP contribution is 2.45. The monoisotopic (exact) mass is 375 g/mol. The first kappa shape index (κ1) is 18.5. The fourth-order valence-electron chi connectivity index (χ4n) is 4.76. The lowest BCUT2D eigenvalue weighted by Crippen LogP contribution is -2.34. The van der Waals surface area contributed by atoms with Crippen molar-refractivity contribution in [1.29, 1.82) is 5.26 Å². The number of carbonyl (C=O) groups excluding carboxylic acids is 1. The van der Waals surface area contributed by atoms with Gasteiger partial charge >= 0.3 is 0 Å². The fourth-order valence-corrected chi connectivity index (χ4v) is 4.76. The van der Waals surface area contributed by atoms with Crippen LogP contribution in [0.2, 0.25) is 0 Å². The molecule has 2 aromatic carbocycles. The number of likely N-dealkylation sites (tertiary alicyclic amines) is 2. The van der Waals surface area contributed by atoms with Crippen molar-refractivity contribution in [3.05, 3.63) is 65.2 Å². The first-order chi connectivity index (χ1) is 13.6. The van der Waals surface area contributed by atoms with Crippen molar-refractivity contribution in [2.75, 3.05) is 26.7 Å². The summed E-state index contributed by atoms with van der Waals surface area (Å²) in [6, 6.07) is 18.3. The highest BCUT2D eigenvalue weighted by molar-refractivity contribution is 5.74. The molecule has 144 valence electrons. The summed E-state index contributed by atoms with van der Waals surface area (Å²) in [7, 11) is 1.67. The largest absolute Gasteiger partial charge is 0.497 e. The number of hydrogen-bond acceptors (Lipinski definition) is 4. The summed E-state index contributed by atoms with van der Waals surface area (Å²) < 4.78 is 5.28. The number of nitriles is 1. The van der Waals surface area contributed by atoms with E-state index in [1.165, 1.54) is 11.1 Å².